The van der Waals surface area contributed by atoms with Crippen LogP contribution in [0.15, 0.2) is 24.3 Å². The van der Waals surface area contributed by atoms with E-state index >= 15 is 0 Å². The SMILES string of the molecule is Cl.O=C(NCC[C@H]1CCCN1)c1ccccc1OC(F)F. The summed E-state index contributed by atoms with van der Waals surface area (Å²) in [5.74, 6) is -0.488. The van der Waals surface area contributed by atoms with Crippen molar-refractivity contribution in [2.45, 2.75) is 31.9 Å². The maximum Gasteiger partial charge on any atom is 0.387 e. The Labute approximate surface area is 128 Å². The van der Waals surface area contributed by atoms with Crippen LogP contribution in [0, 0.1) is 0 Å². The van der Waals surface area contributed by atoms with Crippen LogP contribution in [0.3, 0.4) is 0 Å². The summed E-state index contributed by atoms with van der Waals surface area (Å²) in [6, 6.07) is 6.44. The number of carbonyl (C=O) groups is 1. The van der Waals surface area contributed by atoms with Gasteiger partial charge in [0, 0.05) is 12.6 Å². The highest BCUT2D eigenvalue weighted by atomic mass is 35.5. The predicted octanol–water partition coefficient (Wildman–Crippen LogP) is 2.58. The highest BCUT2D eigenvalue weighted by Crippen LogP contribution is 2.20. The van der Waals surface area contributed by atoms with Gasteiger partial charge >= 0.3 is 6.61 Å². The molecule has 1 aromatic carbocycles. The summed E-state index contributed by atoms with van der Waals surface area (Å²) < 4.78 is 28.9. The van der Waals surface area contributed by atoms with Gasteiger partial charge in [-0.1, -0.05) is 12.1 Å². The molecule has 0 radical (unpaired) electrons. The van der Waals surface area contributed by atoms with E-state index in [1.165, 1.54) is 12.1 Å². The Bertz CT molecular complexity index is 454. The summed E-state index contributed by atoms with van der Waals surface area (Å²) >= 11 is 0. The maximum atomic E-state index is 12.3. The molecular formula is C14H19ClF2N2O2. The van der Waals surface area contributed by atoms with E-state index < -0.39 is 6.61 Å². The van der Waals surface area contributed by atoms with Gasteiger partial charge in [0.2, 0.25) is 0 Å². The Morgan fingerprint density at radius 1 is 1.43 bits per heavy atom. The van der Waals surface area contributed by atoms with E-state index in [2.05, 4.69) is 15.4 Å². The average Bonchev–Trinajstić information content (AvgIpc) is 2.91. The Morgan fingerprint density at radius 3 is 2.86 bits per heavy atom. The first-order chi connectivity index (χ1) is 9.66. The quantitative estimate of drug-likeness (QED) is 0.847. The molecule has 1 aromatic rings. The van der Waals surface area contributed by atoms with Gasteiger partial charge < -0.3 is 15.4 Å². The van der Waals surface area contributed by atoms with Gasteiger partial charge in [-0.2, -0.15) is 8.78 Å². The number of hydrogen-bond acceptors (Lipinski definition) is 3. The number of halogens is 3. The van der Waals surface area contributed by atoms with Crippen LogP contribution in [0.2, 0.25) is 0 Å². The minimum absolute atomic E-state index is 0. The third kappa shape index (κ3) is 5.47. The molecule has 2 rings (SSSR count). The summed E-state index contributed by atoms with van der Waals surface area (Å²) in [4.78, 5) is 12.0. The van der Waals surface area contributed by atoms with Gasteiger partial charge in [0.25, 0.3) is 5.91 Å². The predicted molar refractivity (Wildman–Crippen MR) is 78.3 cm³/mol. The molecule has 1 atom stereocenters. The van der Waals surface area contributed by atoms with Gasteiger partial charge in [-0.25, -0.2) is 0 Å². The first-order valence-electron chi connectivity index (χ1n) is 6.72. The number of alkyl halides is 2. The topological polar surface area (TPSA) is 50.4 Å². The van der Waals surface area contributed by atoms with Gasteiger partial charge in [0.1, 0.15) is 5.75 Å². The molecule has 118 valence electrons. The normalized spacial score (nSPS) is 17.4. The zero-order chi connectivity index (χ0) is 14.4. The second-order valence-corrected chi connectivity index (χ2v) is 4.71. The number of amides is 1. The number of para-hydroxylation sites is 1. The Kier molecular flexibility index (Phi) is 7.39. The highest BCUT2D eigenvalue weighted by Gasteiger charge is 2.17. The van der Waals surface area contributed by atoms with Crippen molar-refractivity contribution in [3.05, 3.63) is 29.8 Å². The van der Waals surface area contributed by atoms with Crippen molar-refractivity contribution in [1.29, 1.82) is 0 Å². The number of nitrogens with one attached hydrogen (secondary N) is 2. The van der Waals surface area contributed by atoms with E-state index in [0.29, 0.717) is 12.6 Å². The van der Waals surface area contributed by atoms with Gasteiger partial charge in [0.15, 0.2) is 0 Å². The zero-order valence-corrected chi connectivity index (χ0v) is 12.3. The van der Waals surface area contributed by atoms with Crippen molar-refractivity contribution < 1.29 is 18.3 Å². The van der Waals surface area contributed by atoms with E-state index in [9.17, 15) is 13.6 Å². The minimum Gasteiger partial charge on any atom is -0.434 e. The van der Waals surface area contributed by atoms with Crippen LogP contribution in [-0.4, -0.2) is 31.7 Å². The number of ether oxygens (including phenoxy) is 1. The van der Waals surface area contributed by atoms with Crippen LogP contribution in [0.4, 0.5) is 8.78 Å². The van der Waals surface area contributed by atoms with Crippen LogP contribution in [0.1, 0.15) is 29.6 Å². The van der Waals surface area contributed by atoms with Crippen molar-refractivity contribution in [3.63, 3.8) is 0 Å². The van der Waals surface area contributed by atoms with Crippen molar-refractivity contribution in [1.82, 2.24) is 10.6 Å². The van der Waals surface area contributed by atoms with E-state index in [4.69, 9.17) is 0 Å². The molecule has 4 nitrogen and oxygen atoms in total. The van der Waals surface area contributed by atoms with Crippen molar-refractivity contribution >= 4 is 18.3 Å². The molecule has 0 aliphatic carbocycles. The molecule has 0 saturated carbocycles. The molecule has 1 heterocycles. The molecule has 7 heteroatoms. The van der Waals surface area contributed by atoms with Gasteiger partial charge in [0.05, 0.1) is 5.56 Å². The van der Waals surface area contributed by atoms with Crippen LogP contribution < -0.4 is 15.4 Å². The van der Waals surface area contributed by atoms with Gasteiger partial charge in [-0.15, -0.1) is 12.4 Å². The fourth-order valence-electron chi connectivity index (χ4n) is 2.31. The first-order valence-corrected chi connectivity index (χ1v) is 6.72. The summed E-state index contributed by atoms with van der Waals surface area (Å²) in [6.45, 7) is -1.41. The smallest absolute Gasteiger partial charge is 0.387 e. The van der Waals surface area contributed by atoms with Crippen LogP contribution in [0.25, 0.3) is 0 Å². The summed E-state index contributed by atoms with van der Waals surface area (Å²) in [5.41, 5.74) is 0.132. The highest BCUT2D eigenvalue weighted by molar-refractivity contribution is 5.96. The number of hydrogen-bond donors (Lipinski definition) is 2. The molecule has 1 fully saturated rings. The Hall–Kier alpha value is -1.40. The van der Waals surface area contributed by atoms with Crippen molar-refractivity contribution in [2.75, 3.05) is 13.1 Å². The average molecular weight is 321 g/mol. The fraction of sp³-hybridized carbons (Fsp3) is 0.500. The first kappa shape index (κ1) is 17.7. The van der Waals surface area contributed by atoms with E-state index in [1.54, 1.807) is 12.1 Å². The Morgan fingerprint density at radius 2 is 2.19 bits per heavy atom. The molecule has 2 N–H and O–H groups in total. The summed E-state index contributed by atoms with van der Waals surface area (Å²) in [7, 11) is 0. The summed E-state index contributed by atoms with van der Waals surface area (Å²) in [5, 5.41) is 6.07. The van der Waals surface area contributed by atoms with E-state index in [1.807, 2.05) is 0 Å². The van der Waals surface area contributed by atoms with Crippen LogP contribution in [0.5, 0.6) is 5.75 Å². The molecule has 0 unspecified atom stereocenters. The molecule has 1 aliphatic rings. The lowest BCUT2D eigenvalue weighted by Crippen LogP contribution is -2.30. The van der Waals surface area contributed by atoms with Gasteiger partial charge in [-0.3, -0.25) is 4.79 Å². The fourth-order valence-corrected chi connectivity index (χ4v) is 2.31. The number of carbonyl (C=O) groups excluding carboxylic acids is 1. The molecule has 1 aliphatic heterocycles. The molecular weight excluding hydrogens is 302 g/mol. The second-order valence-electron chi connectivity index (χ2n) is 4.71. The molecule has 21 heavy (non-hydrogen) atoms. The zero-order valence-electron chi connectivity index (χ0n) is 11.5. The third-order valence-electron chi connectivity index (χ3n) is 3.29. The van der Waals surface area contributed by atoms with Crippen molar-refractivity contribution in [3.8, 4) is 5.75 Å². The van der Waals surface area contributed by atoms with E-state index in [-0.39, 0.29) is 29.6 Å². The molecule has 0 aromatic heterocycles. The lowest BCUT2D eigenvalue weighted by molar-refractivity contribution is -0.0501. The standard InChI is InChI=1S/C14H18F2N2O2.ClH/c15-14(16)20-12-6-2-1-5-11(12)13(19)18-9-7-10-4-3-8-17-10;/h1-2,5-6,10,14,17H,3-4,7-9H2,(H,18,19);1H/t10-;/m1./s1. The second kappa shape index (κ2) is 8.79. The monoisotopic (exact) mass is 320 g/mol. The van der Waals surface area contributed by atoms with Crippen molar-refractivity contribution in [2.24, 2.45) is 0 Å². The molecule has 0 bridgehead atoms. The van der Waals surface area contributed by atoms with Crippen LogP contribution >= 0.6 is 12.4 Å². The van der Waals surface area contributed by atoms with Crippen LogP contribution in [-0.2, 0) is 0 Å². The lowest BCUT2D eigenvalue weighted by Gasteiger charge is -2.13. The van der Waals surface area contributed by atoms with E-state index in [0.717, 1.165) is 25.8 Å². The number of benzene rings is 1. The summed E-state index contributed by atoms with van der Waals surface area (Å²) in [6.07, 6.45) is 3.11. The number of rotatable bonds is 6. The largest absolute Gasteiger partial charge is 0.434 e. The molecule has 1 amide bonds. The molecule has 1 saturated heterocycles. The molecule has 0 spiro atoms. The minimum atomic E-state index is -2.94. The third-order valence-corrected chi connectivity index (χ3v) is 3.29. The van der Waals surface area contributed by atoms with Gasteiger partial charge in [-0.05, 0) is 37.9 Å². The maximum absolute atomic E-state index is 12.3. The Balaban J connectivity index is 0.00000220. The lowest BCUT2D eigenvalue weighted by atomic mass is 10.1.